The van der Waals surface area contributed by atoms with Crippen molar-refractivity contribution in [3.05, 3.63) is 53.3 Å². The second-order valence-corrected chi connectivity index (χ2v) is 9.93. The van der Waals surface area contributed by atoms with Crippen molar-refractivity contribution in [3.8, 4) is 0 Å². The zero-order chi connectivity index (χ0) is 26.6. The standard InChI is InChI=1S/C22H26N8O6S/c1-12-19(13(2)36-29-12)37(34,35)30-18(21(32)33)11-26-20(31)14-5-6-15-16(27-28-17(15)10-14)4-3-7-23-22-24-8-9-25-22/h5-6,8-10,18,30H,3-4,7,11H2,1-2H3,(H,26,31)(H,27,28)(H,32,33)(H2,23,24,25). The van der Waals surface area contributed by atoms with E-state index >= 15 is 0 Å². The van der Waals surface area contributed by atoms with Crippen LogP contribution in [0.5, 0.6) is 0 Å². The third-order valence-corrected chi connectivity index (χ3v) is 7.30. The van der Waals surface area contributed by atoms with Gasteiger partial charge in [-0.05, 0) is 38.8 Å². The molecule has 1 atom stereocenters. The Morgan fingerprint density at radius 3 is 2.73 bits per heavy atom. The van der Waals surface area contributed by atoms with Crippen LogP contribution in [-0.2, 0) is 21.2 Å². The molecule has 14 nitrogen and oxygen atoms in total. The van der Waals surface area contributed by atoms with Gasteiger partial charge in [-0.15, -0.1) is 0 Å². The molecule has 0 radical (unpaired) electrons. The molecule has 6 N–H and O–H groups in total. The number of carboxylic acid groups (broad SMARTS) is 1. The number of nitrogens with one attached hydrogen (secondary N) is 5. The number of carbonyl (C=O) groups is 2. The maximum Gasteiger partial charge on any atom is 0.323 e. The largest absolute Gasteiger partial charge is 0.480 e. The highest BCUT2D eigenvalue weighted by Crippen LogP contribution is 2.20. The number of imidazole rings is 1. The molecule has 0 saturated heterocycles. The van der Waals surface area contributed by atoms with Crippen molar-refractivity contribution in [2.75, 3.05) is 18.4 Å². The normalized spacial score (nSPS) is 12.5. The number of nitrogens with zero attached hydrogens (tertiary/aromatic N) is 3. The summed E-state index contributed by atoms with van der Waals surface area (Å²) in [5.74, 6) is -1.29. The van der Waals surface area contributed by atoms with Crippen LogP contribution < -0.4 is 15.4 Å². The van der Waals surface area contributed by atoms with Crippen LogP contribution in [0.4, 0.5) is 5.95 Å². The molecule has 1 unspecified atom stereocenters. The number of hydrogen-bond acceptors (Lipinski definition) is 9. The lowest BCUT2D eigenvalue weighted by Gasteiger charge is -2.15. The molecule has 0 aliphatic heterocycles. The third-order valence-electron chi connectivity index (χ3n) is 5.58. The molecule has 15 heteroatoms. The topological polar surface area (TPSA) is 208 Å². The monoisotopic (exact) mass is 530 g/mol. The summed E-state index contributed by atoms with van der Waals surface area (Å²) in [6.07, 6.45) is 4.91. The number of carbonyl (C=O) groups excluding carboxylic acids is 1. The number of aromatic nitrogens is 5. The summed E-state index contributed by atoms with van der Waals surface area (Å²) in [4.78, 5) is 31.2. The number of aromatic amines is 2. The van der Waals surface area contributed by atoms with Crippen molar-refractivity contribution in [1.29, 1.82) is 0 Å². The molecule has 3 heterocycles. The van der Waals surface area contributed by atoms with E-state index in [1.807, 2.05) is 0 Å². The van der Waals surface area contributed by atoms with Gasteiger partial charge in [0.05, 0.1) is 11.2 Å². The highest BCUT2D eigenvalue weighted by Gasteiger charge is 2.30. The second-order valence-electron chi connectivity index (χ2n) is 8.27. The molecule has 0 fully saturated rings. The summed E-state index contributed by atoms with van der Waals surface area (Å²) in [5, 5.41) is 26.8. The van der Waals surface area contributed by atoms with Gasteiger partial charge in [-0.1, -0.05) is 11.2 Å². The number of anilines is 1. The Morgan fingerprint density at radius 2 is 2.05 bits per heavy atom. The zero-order valence-corrected chi connectivity index (χ0v) is 20.8. The van der Waals surface area contributed by atoms with Crippen LogP contribution in [0.1, 0.15) is 33.9 Å². The lowest BCUT2D eigenvalue weighted by atomic mass is 10.1. The van der Waals surface area contributed by atoms with Gasteiger partial charge in [0.25, 0.3) is 5.91 Å². The van der Waals surface area contributed by atoms with Gasteiger partial charge in [0, 0.05) is 36.4 Å². The van der Waals surface area contributed by atoms with Crippen molar-refractivity contribution >= 4 is 38.8 Å². The van der Waals surface area contributed by atoms with Gasteiger partial charge in [-0.2, -0.15) is 9.82 Å². The highest BCUT2D eigenvalue weighted by atomic mass is 32.2. The molecule has 0 spiro atoms. The summed E-state index contributed by atoms with van der Waals surface area (Å²) in [6.45, 7) is 3.05. The van der Waals surface area contributed by atoms with Crippen molar-refractivity contribution in [1.82, 2.24) is 35.4 Å². The fourth-order valence-electron chi connectivity index (χ4n) is 3.81. The summed E-state index contributed by atoms with van der Waals surface area (Å²) in [6, 6.07) is 3.35. The number of carboxylic acids is 1. The van der Waals surface area contributed by atoms with Crippen molar-refractivity contribution in [3.63, 3.8) is 0 Å². The average molecular weight is 531 g/mol. The number of H-pyrrole nitrogens is 2. The molecule has 196 valence electrons. The number of aliphatic carboxylic acids is 1. The predicted octanol–water partition coefficient (Wildman–Crippen LogP) is 1.10. The molecule has 1 aromatic carbocycles. The van der Waals surface area contributed by atoms with Gasteiger partial charge >= 0.3 is 5.97 Å². The van der Waals surface area contributed by atoms with Gasteiger partial charge in [0.2, 0.25) is 10.0 Å². The lowest BCUT2D eigenvalue weighted by molar-refractivity contribution is -0.138. The Balaban J connectivity index is 1.36. The first-order valence-corrected chi connectivity index (χ1v) is 12.8. The van der Waals surface area contributed by atoms with E-state index in [-0.39, 0.29) is 21.9 Å². The van der Waals surface area contributed by atoms with E-state index in [0.29, 0.717) is 24.4 Å². The van der Waals surface area contributed by atoms with E-state index < -0.39 is 34.5 Å². The van der Waals surface area contributed by atoms with Gasteiger partial charge < -0.3 is 25.2 Å². The van der Waals surface area contributed by atoms with E-state index in [0.717, 1.165) is 17.5 Å². The molecule has 0 saturated carbocycles. The van der Waals surface area contributed by atoms with E-state index in [2.05, 4.69) is 40.7 Å². The minimum Gasteiger partial charge on any atom is -0.480 e. The fraction of sp³-hybridized carbons (Fsp3) is 0.318. The van der Waals surface area contributed by atoms with Crippen LogP contribution in [0.3, 0.4) is 0 Å². The van der Waals surface area contributed by atoms with Crippen molar-refractivity contribution in [2.24, 2.45) is 0 Å². The molecule has 4 rings (SSSR count). The Kier molecular flexibility index (Phi) is 7.54. The maximum absolute atomic E-state index is 12.7. The second kappa shape index (κ2) is 10.8. The molecular weight excluding hydrogens is 504 g/mol. The number of fused-ring (bicyclic) bond motifs is 1. The number of aryl methyl sites for hydroxylation is 3. The Hall–Kier alpha value is -4.24. The molecule has 37 heavy (non-hydrogen) atoms. The fourth-order valence-corrected chi connectivity index (χ4v) is 5.33. The Bertz CT molecular complexity index is 1490. The lowest BCUT2D eigenvalue weighted by Crippen LogP contribution is -2.48. The number of sulfonamides is 1. The van der Waals surface area contributed by atoms with E-state index in [4.69, 9.17) is 4.52 Å². The van der Waals surface area contributed by atoms with Gasteiger partial charge in [-0.3, -0.25) is 14.7 Å². The Labute approximate surface area is 211 Å². The van der Waals surface area contributed by atoms with Crippen LogP contribution in [0.2, 0.25) is 0 Å². The van der Waals surface area contributed by atoms with Crippen molar-refractivity contribution < 1.29 is 27.6 Å². The zero-order valence-electron chi connectivity index (χ0n) is 20.0. The number of rotatable bonds is 12. The minimum absolute atomic E-state index is 0.0270. The number of hydrogen-bond donors (Lipinski definition) is 6. The van der Waals surface area contributed by atoms with Crippen LogP contribution in [0.15, 0.2) is 40.0 Å². The first kappa shape index (κ1) is 25.8. The minimum atomic E-state index is -4.25. The van der Waals surface area contributed by atoms with Crippen LogP contribution in [0.25, 0.3) is 10.9 Å². The van der Waals surface area contributed by atoms with E-state index in [9.17, 15) is 23.1 Å². The highest BCUT2D eigenvalue weighted by molar-refractivity contribution is 7.89. The Morgan fingerprint density at radius 1 is 1.24 bits per heavy atom. The van der Waals surface area contributed by atoms with Crippen molar-refractivity contribution in [2.45, 2.75) is 37.6 Å². The van der Waals surface area contributed by atoms with Gasteiger partial charge in [0.1, 0.15) is 16.6 Å². The number of benzene rings is 1. The first-order valence-electron chi connectivity index (χ1n) is 11.3. The van der Waals surface area contributed by atoms with Crippen LogP contribution in [0, 0.1) is 13.8 Å². The molecule has 4 aromatic rings. The van der Waals surface area contributed by atoms with Gasteiger partial charge in [-0.25, -0.2) is 13.4 Å². The summed E-state index contributed by atoms with van der Waals surface area (Å²) < 4.78 is 32.3. The maximum atomic E-state index is 12.7. The van der Waals surface area contributed by atoms with Crippen LogP contribution >= 0.6 is 0 Å². The smallest absolute Gasteiger partial charge is 0.323 e. The molecular formula is C22H26N8O6S. The first-order chi connectivity index (χ1) is 17.7. The number of amides is 1. The van der Waals surface area contributed by atoms with E-state index in [1.54, 1.807) is 30.6 Å². The summed E-state index contributed by atoms with van der Waals surface area (Å²) >= 11 is 0. The summed E-state index contributed by atoms with van der Waals surface area (Å²) in [7, 11) is -4.25. The van der Waals surface area contributed by atoms with Crippen LogP contribution in [-0.4, -0.2) is 69.9 Å². The quantitative estimate of drug-likeness (QED) is 0.144. The molecule has 0 bridgehead atoms. The molecule has 1 amide bonds. The predicted molar refractivity (Wildman–Crippen MR) is 132 cm³/mol. The molecule has 3 aromatic heterocycles. The third kappa shape index (κ3) is 5.95. The van der Waals surface area contributed by atoms with Gasteiger partial charge in [0.15, 0.2) is 11.7 Å². The average Bonchev–Trinajstić information content (AvgIpc) is 3.59. The molecule has 0 aliphatic rings. The summed E-state index contributed by atoms with van der Waals surface area (Å²) in [5.41, 5.74) is 1.86. The SMILES string of the molecule is Cc1noc(C)c1S(=O)(=O)NC(CNC(=O)c1ccc2c(CCCNc3ncc[nH]3)n[nH]c2c1)C(=O)O. The molecule has 0 aliphatic carbocycles. The van der Waals surface area contributed by atoms with E-state index in [1.165, 1.54) is 13.8 Å².